The Morgan fingerprint density at radius 1 is 0.379 bits per heavy atom. The SMILES string of the molecule is CCCCCCCCCCCCCCC/C=C\C/C=C\CCCCCCCCCCCCCCCCCC(O)CC(=O)NC(CO)C(O)CCCCCCCCCCCCCCCCCC. The molecule has 0 radical (unpaired) electrons. The Hall–Kier alpha value is -1.17. The summed E-state index contributed by atoms with van der Waals surface area (Å²) < 4.78 is 0. The van der Waals surface area contributed by atoms with Crippen molar-refractivity contribution >= 4 is 5.91 Å². The maximum absolute atomic E-state index is 12.5. The molecule has 0 spiro atoms. The third-order valence-electron chi connectivity index (χ3n) is 14.3. The van der Waals surface area contributed by atoms with Crippen molar-refractivity contribution in [3.05, 3.63) is 24.3 Å². The van der Waals surface area contributed by atoms with E-state index in [4.69, 9.17) is 0 Å². The molecule has 0 bridgehead atoms. The topological polar surface area (TPSA) is 89.8 Å². The van der Waals surface area contributed by atoms with Crippen LogP contribution in [0.5, 0.6) is 0 Å². The smallest absolute Gasteiger partial charge is 0.222 e. The Kier molecular flexibility index (Phi) is 55.4. The second-order valence-corrected chi connectivity index (χ2v) is 21.0. The van der Waals surface area contributed by atoms with Gasteiger partial charge in [-0.2, -0.15) is 0 Å². The average molecular weight is 931 g/mol. The van der Waals surface area contributed by atoms with Crippen molar-refractivity contribution in [2.45, 2.75) is 353 Å². The van der Waals surface area contributed by atoms with Gasteiger partial charge in [-0.1, -0.05) is 308 Å². The van der Waals surface area contributed by atoms with Gasteiger partial charge in [-0.25, -0.2) is 0 Å². The molecule has 0 aromatic carbocycles. The fraction of sp³-hybridized carbons (Fsp3) is 0.918. The minimum absolute atomic E-state index is 0.0394. The summed E-state index contributed by atoms with van der Waals surface area (Å²) in [5, 5.41) is 33.6. The average Bonchev–Trinajstić information content (AvgIpc) is 3.31. The zero-order valence-electron chi connectivity index (χ0n) is 44.9. The van der Waals surface area contributed by atoms with Crippen LogP contribution in [0.25, 0.3) is 0 Å². The lowest BCUT2D eigenvalue weighted by Gasteiger charge is -2.23. The lowest BCUT2D eigenvalue weighted by Crippen LogP contribution is -2.46. The van der Waals surface area contributed by atoms with Gasteiger partial charge in [0.1, 0.15) is 0 Å². The summed E-state index contributed by atoms with van der Waals surface area (Å²) in [6.45, 7) is 4.30. The molecule has 0 heterocycles. The standard InChI is InChI=1S/C61H119NO4/c1-3-5-7-9-11-13-15-17-19-21-22-23-24-25-26-27-28-29-30-31-32-33-34-35-36-37-38-39-40-42-44-46-48-50-52-54-58(64)56-61(66)62-59(57-63)60(65)55-53-51-49-47-45-43-41-20-18-16-14-12-10-8-6-4-2/h26-27,29-30,58-60,63-65H,3-25,28,31-57H2,1-2H3,(H,62,66)/b27-26-,30-29-. The van der Waals surface area contributed by atoms with Gasteiger partial charge in [0.25, 0.3) is 0 Å². The molecule has 3 unspecified atom stereocenters. The lowest BCUT2D eigenvalue weighted by molar-refractivity contribution is -0.125. The van der Waals surface area contributed by atoms with Crippen LogP contribution in [0.15, 0.2) is 24.3 Å². The number of aliphatic hydroxyl groups is 3. The maximum atomic E-state index is 12.5. The summed E-state index contributed by atoms with van der Waals surface area (Å²) in [4.78, 5) is 12.5. The Bertz CT molecular complexity index is 982. The summed E-state index contributed by atoms with van der Waals surface area (Å²) >= 11 is 0. The Labute approximate surface area is 413 Å². The van der Waals surface area contributed by atoms with E-state index in [2.05, 4.69) is 43.5 Å². The molecule has 0 aliphatic carbocycles. The van der Waals surface area contributed by atoms with E-state index >= 15 is 0 Å². The summed E-state index contributed by atoms with van der Waals surface area (Å²) in [6, 6.07) is -0.657. The zero-order valence-corrected chi connectivity index (χ0v) is 44.9. The molecule has 0 saturated carbocycles. The highest BCUT2D eigenvalue weighted by Crippen LogP contribution is 2.18. The number of allylic oxidation sites excluding steroid dienone is 4. The van der Waals surface area contributed by atoms with Crippen LogP contribution < -0.4 is 5.32 Å². The van der Waals surface area contributed by atoms with E-state index in [-0.39, 0.29) is 18.9 Å². The number of nitrogens with one attached hydrogen (secondary N) is 1. The van der Waals surface area contributed by atoms with Gasteiger partial charge in [-0.3, -0.25) is 4.79 Å². The number of hydrogen-bond donors (Lipinski definition) is 4. The van der Waals surface area contributed by atoms with Gasteiger partial charge in [-0.15, -0.1) is 0 Å². The van der Waals surface area contributed by atoms with Crippen molar-refractivity contribution < 1.29 is 20.1 Å². The normalized spacial score (nSPS) is 13.3. The van der Waals surface area contributed by atoms with Crippen molar-refractivity contribution in [2.24, 2.45) is 0 Å². The van der Waals surface area contributed by atoms with Crippen LogP contribution in [0.1, 0.15) is 335 Å². The van der Waals surface area contributed by atoms with Crippen molar-refractivity contribution in [3.63, 3.8) is 0 Å². The molecular weight excluding hydrogens is 811 g/mol. The van der Waals surface area contributed by atoms with Gasteiger partial charge < -0.3 is 20.6 Å². The summed E-state index contributed by atoms with van der Waals surface area (Å²) in [7, 11) is 0. The molecule has 392 valence electrons. The fourth-order valence-corrected chi connectivity index (χ4v) is 9.67. The molecule has 0 fully saturated rings. The molecule has 5 nitrogen and oxygen atoms in total. The second kappa shape index (κ2) is 56.4. The van der Waals surface area contributed by atoms with Crippen molar-refractivity contribution in [1.82, 2.24) is 5.32 Å². The lowest BCUT2D eigenvalue weighted by atomic mass is 10.0. The first kappa shape index (κ1) is 64.8. The van der Waals surface area contributed by atoms with E-state index in [0.717, 1.165) is 32.1 Å². The summed E-state index contributed by atoms with van der Waals surface area (Å²) in [6.07, 6.45) is 72.1. The first-order chi connectivity index (χ1) is 32.5. The van der Waals surface area contributed by atoms with E-state index in [1.807, 2.05) is 0 Å². The molecule has 0 aromatic rings. The molecular formula is C61H119NO4. The van der Waals surface area contributed by atoms with E-state index in [9.17, 15) is 20.1 Å². The number of carbonyl (C=O) groups excluding carboxylic acids is 1. The number of unbranched alkanes of at least 4 members (excludes halogenated alkanes) is 43. The first-order valence-corrected chi connectivity index (χ1v) is 30.1. The highest BCUT2D eigenvalue weighted by atomic mass is 16.3. The Morgan fingerprint density at radius 3 is 0.955 bits per heavy atom. The molecule has 0 aliphatic rings. The van der Waals surface area contributed by atoms with Gasteiger partial charge in [0, 0.05) is 0 Å². The van der Waals surface area contributed by atoms with Crippen molar-refractivity contribution in [1.29, 1.82) is 0 Å². The van der Waals surface area contributed by atoms with E-state index in [1.165, 1.54) is 270 Å². The number of rotatable bonds is 56. The molecule has 0 aromatic heterocycles. The molecule has 0 rings (SSSR count). The second-order valence-electron chi connectivity index (χ2n) is 21.0. The first-order valence-electron chi connectivity index (χ1n) is 30.1. The van der Waals surface area contributed by atoms with Crippen LogP contribution in [0, 0.1) is 0 Å². The highest BCUT2D eigenvalue weighted by molar-refractivity contribution is 5.76. The third kappa shape index (κ3) is 52.2. The van der Waals surface area contributed by atoms with E-state index in [1.54, 1.807) is 0 Å². The van der Waals surface area contributed by atoms with Crippen LogP contribution >= 0.6 is 0 Å². The molecule has 0 saturated heterocycles. The fourth-order valence-electron chi connectivity index (χ4n) is 9.67. The minimum Gasteiger partial charge on any atom is -0.394 e. The largest absolute Gasteiger partial charge is 0.394 e. The zero-order chi connectivity index (χ0) is 47.9. The maximum Gasteiger partial charge on any atom is 0.222 e. The van der Waals surface area contributed by atoms with Crippen LogP contribution in [0.2, 0.25) is 0 Å². The van der Waals surface area contributed by atoms with Gasteiger partial charge in [0.2, 0.25) is 5.91 Å². The van der Waals surface area contributed by atoms with Gasteiger partial charge in [0.15, 0.2) is 0 Å². The predicted molar refractivity (Wildman–Crippen MR) is 292 cm³/mol. The quantitative estimate of drug-likeness (QED) is 0.0361. The molecule has 66 heavy (non-hydrogen) atoms. The number of amides is 1. The van der Waals surface area contributed by atoms with Crippen LogP contribution in [-0.4, -0.2) is 46.1 Å². The third-order valence-corrected chi connectivity index (χ3v) is 14.3. The Morgan fingerprint density at radius 2 is 0.652 bits per heavy atom. The van der Waals surface area contributed by atoms with E-state index in [0.29, 0.717) is 12.8 Å². The molecule has 1 amide bonds. The summed E-state index contributed by atoms with van der Waals surface area (Å²) in [5.41, 5.74) is 0. The molecule has 5 heteroatoms. The Balaban J connectivity index is 3.47. The van der Waals surface area contributed by atoms with Crippen LogP contribution in [0.3, 0.4) is 0 Å². The van der Waals surface area contributed by atoms with Crippen molar-refractivity contribution in [3.8, 4) is 0 Å². The number of hydrogen-bond acceptors (Lipinski definition) is 4. The minimum atomic E-state index is -0.748. The van der Waals surface area contributed by atoms with Gasteiger partial charge in [-0.05, 0) is 44.9 Å². The number of carbonyl (C=O) groups is 1. The summed E-state index contributed by atoms with van der Waals surface area (Å²) in [5.74, 6) is -0.278. The van der Waals surface area contributed by atoms with Crippen LogP contribution in [0.4, 0.5) is 0 Å². The number of aliphatic hydroxyl groups excluding tert-OH is 3. The monoisotopic (exact) mass is 930 g/mol. The van der Waals surface area contributed by atoms with E-state index < -0.39 is 18.2 Å². The van der Waals surface area contributed by atoms with Gasteiger partial charge in [0.05, 0.1) is 31.3 Å². The van der Waals surface area contributed by atoms with Crippen LogP contribution in [-0.2, 0) is 4.79 Å². The highest BCUT2D eigenvalue weighted by Gasteiger charge is 2.21. The molecule has 4 N–H and O–H groups in total. The predicted octanol–water partition coefficient (Wildman–Crippen LogP) is 18.8. The van der Waals surface area contributed by atoms with Gasteiger partial charge >= 0.3 is 0 Å². The molecule has 3 atom stereocenters. The molecule has 0 aliphatic heterocycles. The van der Waals surface area contributed by atoms with Crippen molar-refractivity contribution in [2.75, 3.05) is 6.61 Å².